The molecule has 0 amide bonds. The third-order valence-corrected chi connectivity index (χ3v) is 3.28. The van der Waals surface area contributed by atoms with Crippen LogP contribution in [0.3, 0.4) is 0 Å². The molecule has 0 saturated carbocycles. The quantitative estimate of drug-likeness (QED) is 0.662. The fourth-order valence-electron chi connectivity index (χ4n) is 1.33. The number of anilines is 1. The fourth-order valence-corrected chi connectivity index (χ4v) is 1.95. The Morgan fingerprint density at radius 1 is 1.53 bits per heavy atom. The summed E-state index contributed by atoms with van der Waals surface area (Å²) in [6, 6.07) is 2.95. The third kappa shape index (κ3) is 3.98. The molecule has 1 atom stereocenters. The van der Waals surface area contributed by atoms with Gasteiger partial charge in [-0.25, -0.2) is 0 Å². The lowest BCUT2D eigenvalue weighted by molar-refractivity contribution is -0.385. The number of halogens is 1. The monoisotopic (exact) mass is 276 g/mol. The molecule has 1 aromatic rings. The third-order valence-electron chi connectivity index (χ3n) is 2.19. The molecule has 7 heteroatoms. The lowest BCUT2D eigenvalue weighted by Gasteiger charge is -2.08. The molecule has 0 aliphatic heterocycles. The summed E-state index contributed by atoms with van der Waals surface area (Å²) in [5.74, 6) is 0.506. The zero-order valence-corrected chi connectivity index (χ0v) is 11.1. The van der Waals surface area contributed by atoms with Crippen LogP contribution >= 0.6 is 11.6 Å². The number of hydrogen-bond donors (Lipinski definition) is 1. The van der Waals surface area contributed by atoms with Gasteiger partial charge in [0, 0.05) is 41.0 Å². The topological polar surface area (TPSA) is 72.2 Å². The van der Waals surface area contributed by atoms with Crippen LogP contribution in [0.5, 0.6) is 0 Å². The Morgan fingerprint density at radius 2 is 2.18 bits per heavy atom. The van der Waals surface area contributed by atoms with E-state index in [0.717, 1.165) is 0 Å². The summed E-state index contributed by atoms with van der Waals surface area (Å²) in [7, 11) is -0.877. The molecule has 1 unspecified atom stereocenters. The minimum atomic E-state index is -0.877. The van der Waals surface area contributed by atoms with Crippen LogP contribution in [0.1, 0.15) is 5.56 Å². The molecule has 0 spiro atoms. The van der Waals surface area contributed by atoms with Crippen molar-refractivity contribution in [3.05, 3.63) is 32.8 Å². The highest BCUT2D eigenvalue weighted by atomic mass is 35.5. The van der Waals surface area contributed by atoms with E-state index in [4.69, 9.17) is 11.6 Å². The molecule has 0 aliphatic carbocycles. The number of nitrogens with one attached hydrogen (secondary N) is 1. The second-order valence-electron chi connectivity index (χ2n) is 3.58. The highest BCUT2D eigenvalue weighted by Gasteiger charge is 2.14. The average Bonchev–Trinajstić information content (AvgIpc) is 2.21. The number of hydrogen-bond acceptors (Lipinski definition) is 4. The van der Waals surface area contributed by atoms with Crippen molar-refractivity contribution in [2.75, 3.05) is 23.9 Å². The van der Waals surface area contributed by atoms with E-state index in [9.17, 15) is 14.3 Å². The zero-order chi connectivity index (χ0) is 13.0. The molecule has 1 aromatic carbocycles. The number of rotatable bonds is 5. The van der Waals surface area contributed by atoms with Crippen molar-refractivity contribution in [3.8, 4) is 0 Å². The highest BCUT2D eigenvalue weighted by molar-refractivity contribution is 7.84. The average molecular weight is 277 g/mol. The van der Waals surface area contributed by atoms with Gasteiger partial charge in [0.05, 0.1) is 15.6 Å². The van der Waals surface area contributed by atoms with Gasteiger partial charge in [0.25, 0.3) is 5.69 Å². The van der Waals surface area contributed by atoms with Gasteiger partial charge in [-0.05, 0) is 13.0 Å². The maximum absolute atomic E-state index is 10.9. The molecule has 0 fully saturated rings. The molecule has 0 radical (unpaired) electrons. The molecule has 0 heterocycles. The van der Waals surface area contributed by atoms with Gasteiger partial charge in [0.2, 0.25) is 0 Å². The van der Waals surface area contributed by atoms with Gasteiger partial charge in [0.15, 0.2) is 0 Å². The second-order valence-corrected chi connectivity index (χ2v) is 5.54. The van der Waals surface area contributed by atoms with E-state index < -0.39 is 15.7 Å². The van der Waals surface area contributed by atoms with E-state index >= 15 is 0 Å². The van der Waals surface area contributed by atoms with E-state index in [2.05, 4.69) is 5.32 Å². The molecule has 0 bridgehead atoms. The summed E-state index contributed by atoms with van der Waals surface area (Å²) in [5.41, 5.74) is 1.17. The number of benzene rings is 1. The van der Waals surface area contributed by atoms with Gasteiger partial charge in [-0.3, -0.25) is 14.3 Å². The van der Waals surface area contributed by atoms with Crippen molar-refractivity contribution < 1.29 is 9.13 Å². The highest BCUT2D eigenvalue weighted by Crippen LogP contribution is 2.30. The van der Waals surface area contributed by atoms with Crippen LogP contribution < -0.4 is 5.32 Å². The van der Waals surface area contributed by atoms with Crippen LogP contribution in [0.2, 0.25) is 5.02 Å². The van der Waals surface area contributed by atoms with Crippen LogP contribution in [0, 0.1) is 17.0 Å². The van der Waals surface area contributed by atoms with Gasteiger partial charge >= 0.3 is 0 Å². The molecular weight excluding hydrogens is 264 g/mol. The van der Waals surface area contributed by atoms with Crippen LogP contribution in [0.4, 0.5) is 11.4 Å². The normalized spacial score (nSPS) is 12.2. The smallest absolute Gasteiger partial charge is 0.273 e. The predicted molar refractivity (Wildman–Crippen MR) is 70.3 cm³/mol. The minimum Gasteiger partial charge on any atom is -0.383 e. The molecule has 0 aromatic heterocycles. The van der Waals surface area contributed by atoms with Crippen LogP contribution in [-0.4, -0.2) is 27.7 Å². The summed E-state index contributed by atoms with van der Waals surface area (Å²) < 4.78 is 10.9. The molecule has 17 heavy (non-hydrogen) atoms. The number of nitrogens with zero attached hydrogens (tertiary/aromatic N) is 1. The summed E-state index contributed by atoms with van der Waals surface area (Å²) in [6.07, 6.45) is 1.62. The van der Waals surface area contributed by atoms with E-state index in [1.165, 1.54) is 6.07 Å². The van der Waals surface area contributed by atoms with Gasteiger partial charge < -0.3 is 5.32 Å². The Kier molecular flexibility index (Phi) is 4.89. The lowest BCUT2D eigenvalue weighted by Crippen LogP contribution is -2.10. The van der Waals surface area contributed by atoms with Gasteiger partial charge in [-0.2, -0.15) is 0 Å². The Bertz CT molecular complexity index is 465. The summed E-state index contributed by atoms with van der Waals surface area (Å²) in [6.45, 7) is 2.16. The first-order valence-corrected chi connectivity index (χ1v) is 7.00. The Balaban J connectivity index is 2.84. The first-order valence-electron chi connectivity index (χ1n) is 4.90. The van der Waals surface area contributed by atoms with Gasteiger partial charge in [-0.1, -0.05) is 11.6 Å². The van der Waals surface area contributed by atoms with E-state index in [-0.39, 0.29) is 5.69 Å². The van der Waals surface area contributed by atoms with Crippen molar-refractivity contribution in [2.45, 2.75) is 6.92 Å². The van der Waals surface area contributed by atoms with Crippen molar-refractivity contribution >= 4 is 33.8 Å². The predicted octanol–water partition coefficient (Wildman–Crippen LogP) is 2.35. The summed E-state index contributed by atoms with van der Waals surface area (Å²) in [4.78, 5) is 10.2. The standard InChI is InChI=1S/C10H13ClN2O3S/c1-7-5-9(12-3-4-17(2)16)8(11)6-10(7)13(14)15/h5-6,12H,3-4H2,1-2H3. The maximum atomic E-state index is 10.9. The number of nitro groups is 1. The van der Waals surface area contributed by atoms with E-state index in [1.807, 2.05) is 0 Å². The number of nitro benzene ring substituents is 1. The van der Waals surface area contributed by atoms with Crippen molar-refractivity contribution in [1.29, 1.82) is 0 Å². The van der Waals surface area contributed by atoms with Crippen molar-refractivity contribution in [3.63, 3.8) is 0 Å². The van der Waals surface area contributed by atoms with E-state index in [0.29, 0.717) is 28.6 Å². The van der Waals surface area contributed by atoms with Crippen molar-refractivity contribution in [1.82, 2.24) is 0 Å². The molecule has 1 N–H and O–H groups in total. The van der Waals surface area contributed by atoms with Crippen LogP contribution in [0.25, 0.3) is 0 Å². The molecule has 1 rings (SSSR count). The first-order chi connectivity index (χ1) is 7.91. The zero-order valence-electron chi connectivity index (χ0n) is 9.53. The summed E-state index contributed by atoms with van der Waals surface area (Å²) in [5, 5.41) is 14.0. The Labute approximate surface area is 107 Å². The second kappa shape index (κ2) is 5.97. The first kappa shape index (κ1) is 13.9. The SMILES string of the molecule is Cc1cc(NCCS(C)=O)c(Cl)cc1[N+](=O)[O-]. The fraction of sp³-hybridized carbons (Fsp3) is 0.400. The molecule has 5 nitrogen and oxygen atoms in total. The van der Waals surface area contributed by atoms with Gasteiger partial charge in [0.1, 0.15) is 0 Å². The summed E-state index contributed by atoms with van der Waals surface area (Å²) >= 11 is 5.92. The largest absolute Gasteiger partial charge is 0.383 e. The lowest BCUT2D eigenvalue weighted by atomic mass is 10.2. The molecule has 0 aliphatic rings. The van der Waals surface area contributed by atoms with Crippen LogP contribution in [0.15, 0.2) is 12.1 Å². The van der Waals surface area contributed by atoms with Crippen molar-refractivity contribution in [2.24, 2.45) is 0 Å². The number of aryl methyl sites for hydroxylation is 1. The Hall–Kier alpha value is -1.14. The molecular formula is C10H13ClN2O3S. The molecule has 94 valence electrons. The Morgan fingerprint density at radius 3 is 2.71 bits per heavy atom. The van der Waals surface area contributed by atoms with Crippen LogP contribution in [-0.2, 0) is 10.8 Å². The maximum Gasteiger partial charge on any atom is 0.273 e. The minimum absolute atomic E-state index is 0.000354. The molecule has 0 saturated heterocycles. The van der Waals surface area contributed by atoms with E-state index in [1.54, 1.807) is 19.2 Å². The van der Waals surface area contributed by atoms with Gasteiger partial charge in [-0.15, -0.1) is 0 Å².